The number of thiophene rings is 1. The largest absolute Gasteiger partial charge is 0.477 e. The van der Waals surface area contributed by atoms with Gasteiger partial charge in [0.2, 0.25) is 0 Å². The van der Waals surface area contributed by atoms with Crippen LogP contribution in [0.15, 0.2) is 0 Å². The second-order valence-electron chi connectivity index (χ2n) is 8.98. The Bertz CT molecular complexity index is 888. The molecule has 1 saturated carbocycles. The molecular weight excluding hydrogens is 334 g/mol. The predicted molar refractivity (Wildman–Crippen MR) is 101 cm³/mol. The molecule has 0 aromatic carbocycles. The number of carboxylic acids is 1. The Hall–Kier alpha value is -1.69. The molecule has 1 aliphatic heterocycles. The van der Waals surface area contributed by atoms with Crippen LogP contribution in [0.2, 0.25) is 0 Å². The molecule has 6 heteroatoms. The van der Waals surface area contributed by atoms with E-state index >= 15 is 0 Å². The number of hydrogen-bond acceptors (Lipinski definition) is 5. The van der Waals surface area contributed by atoms with Crippen LogP contribution in [-0.4, -0.2) is 33.6 Å². The minimum absolute atomic E-state index is 0.303. The number of aromatic nitrogens is 2. The zero-order chi connectivity index (χ0) is 18.1. The van der Waals surface area contributed by atoms with Gasteiger partial charge in [0.1, 0.15) is 21.3 Å². The lowest BCUT2D eigenvalue weighted by Gasteiger charge is -2.39. The molecule has 2 aromatic rings. The quantitative estimate of drug-likeness (QED) is 0.860. The summed E-state index contributed by atoms with van der Waals surface area (Å²) in [6.45, 7) is 11.9. The number of carbonyl (C=O) groups is 1. The van der Waals surface area contributed by atoms with Crippen LogP contribution in [0.1, 0.15) is 61.1 Å². The van der Waals surface area contributed by atoms with Crippen LogP contribution >= 0.6 is 11.3 Å². The summed E-state index contributed by atoms with van der Waals surface area (Å²) in [4.78, 5) is 24.5. The molecule has 2 fully saturated rings. The summed E-state index contributed by atoms with van der Waals surface area (Å²) in [5.41, 5.74) is 1.44. The van der Waals surface area contributed by atoms with E-state index in [9.17, 15) is 9.90 Å². The van der Waals surface area contributed by atoms with Gasteiger partial charge in [0, 0.05) is 12.6 Å². The Balaban J connectivity index is 1.89. The molecule has 1 saturated heterocycles. The van der Waals surface area contributed by atoms with Crippen LogP contribution in [-0.2, 0) is 0 Å². The van der Waals surface area contributed by atoms with Crippen molar-refractivity contribution < 1.29 is 9.90 Å². The molecule has 5 nitrogen and oxygen atoms in total. The van der Waals surface area contributed by atoms with Gasteiger partial charge in [0.25, 0.3) is 0 Å². The average molecular weight is 359 g/mol. The smallest absolute Gasteiger partial charge is 0.346 e. The fourth-order valence-corrected chi connectivity index (χ4v) is 6.40. The summed E-state index contributed by atoms with van der Waals surface area (Å²) in [5, 5.41) is 10.4. The number of hydrogen-bond donors (Lipinski definition) is 1. The Morgan fingerprint density at radius 3 is 2.64 bits per heavy atom. The van der Waals surface area contributed by atoms with Gasteiger partial charge in [-0.15, -0.1) is 11.3 Å². The first-order chi connectivity index (χ1) is 11.6. The van der Waals surface area contributed by atoms with E-state index in [-0.39, 0.29) is 0 Å². The first kappa shape index (κ1) is 16.8. The average Bonchev–Trinajstić information content (AvgIpc) is 2.91. The van der Waals surface area contributed by atoms with Crippen molar-refractivity contribution in [1.82, 2.24) is 9.97 Å². The van der Waals surface area contributed by atoms with Crippen molar-refractivity contribution in [2.75, 3.05) is 11.4 Å². The van der Waals surface area contributed by atoms with E-state index in [0.29, 0.717) is 27.6 Å². The van der Waals surface area contributed by atoms with Crippen molar-refractivity contribution >= 4 is 33.3 Å². The standard InChI is InChI=1S/C19H25N3O2S/c1-10-13-15(20-11(2)21-16(13)25-14(10)17(23)24)22-9-19(5)7-12(22)6-18(3,4)8-19/h12H,6-9H2,1-5H3,(H,23,24). The van der Waals surface area contributed by atoms with Gasteiger partial charge < -0.3 is 10.0 Å². The summed E-state index contributed by atoms with van der Waals surface area (Å²) in [6.07, 6.45) is 3.57. The highest BCUT2D eigenvalue weighted by Gasteiger charge is 2.50. The molecule has 2 unspecified atom stereocenters. The molecule has 0 radical (unpaired) electrons. The van der Waals surface area contributed by atoms with Gasteiger partial charge in [-0.1, -0.05) is 20.8 Å². The van der Waals surface area contributed by atoms with Gasteiger partial charge in [-0.25, -0.2) is 14.8 Å². The molecule has 2 aliphatic rings. The van der Waals surface area contributed by atoms with E-state index in [1.165, 1.54) is 24.2 Å². The van der Waals surface area contributed by atoms with Gasteiger partial charge in [-0.05, 0) is 49.5 Å². The zero-order valence-corrected chi connectivity index (χ0v) is 16.3. The molecule has 1 aliphatic carbocycles. The number of nitrogens with zero attached hydrogens (tertiary/aromatic N) is 3. The number of aromatic carboxylic acids is 1. The Morgan fingerprint density at radius 1 is 1.24 bits per heavy atom. The predicted octanol–water partition coefficient (Wildman–Crippen LogP) is 4.41. The van der Waals surface area contributed by atoms with E-state index in [1.807, 2.05) is 13.8 Å². The summed E-state index contributed by atoms with van der Waals surface area (Å²) in [5.74, 6) is 0.777. The first-order valence-electron chi connectivity index (χ1n) is 8.86. The molecule has 0 spiro atoms. The monoisotopic (exact) mass is 359 g/mol. The lowest BCUT2D eigenvalue weighted by molar-refractivity contribution is 0.0701. The van der Waals surface area contributed by atoms with Crippen molar-refractivity contribution in [3.8, 4) is 0 Å². The molecule has 4 rings (SSSR count). The second kappa shape index (κ2) is 5.16. The Kier molecular flexibility index (Phi) is 3.46. The van der Waals surface area contributed by atoms with Crippen molar-refractivity contribution in [3.63, 3.8) is 0 Å². The summed E-state index contributed by atoms with van der Waals surface area (Å²) in [7, 11) is 0. The van der Waals surface area contributed by atoms with Gasteiger partial charge in [0.15, 0.2) is 0 Å². The minimum Gasteiger partial charge on any atom is -0.477 e. The maximum atomic E-state index is 11.6. The number of carboxylic acid groups (broad SMARTS) is 1. The van der Waals surface area contributed by atoms with E-state index in [2.05, 4.69) is 30.7 Å². The van der Waals surface area contributed by atoms with Crippen LogP contribution in [0.25, 0.3) is 10.2 Å². The third-order valence-corrected chi connectivity index (χ3v) is 6.94. The van der Waals surface area contributed by atoms with E-state index in [0.717, 1.165) is 34.6 Å². The van der Waals surface area contributed by atoms with Crippen LogP contribution in [0.5, 0.6) is 0 Å². The maximum absolute atomic E-state index is 11.6. The van der Waals surface area contributed by atoms with Crippen LogP contribution in [0.3, 0.4) is 0 Å². The normalized spacial score (nSPS) is 27.9. The fraction of sp³-hybridized carbons (Fsp3) is 0.632. The number of anilines is 1. The molecule has 2 atom stereocenters. The highest BCUT2D eigenvalue weighted by molar-refractivity contribution is 7.20. The Morgan fingerprint density at radius 2 is 1.96 bits per heavy atom. The molecule has 0 amide bonds. The summed E-state index contributed by atoms with van der Waals surface area (Å²) in [6, 6.07) is 0.471. The number of aryl methyl sites for hydroxylation is 2. The highest BCUT2D eigenvalue weighted by atomic mass is 32.1. The maximum Gasteiger partial charge on any atom is 0.346 e. The molecule has 134 valence electrons. The zero-order valence-electron chi connectivity index (χ0n) is 15.5. The summed E-state index contributed by atoms with van der Waals surface area (Å²) >= 11 is 1.27. The highest BCUT2D eigenvalue weighted by Crippen LogP contribution is 2.54. The molecule has 3 heterocycles. The van der Waals surface area contributed by atoms with Crippen molar-refractivity contribution in [2.45, 2.75) is 59.9 Å². The first-order valence-corrected chi connectivity index (χ1v) is 9.68. The van der Waals surface area contributed by atoms with Gasteiger partial charge in [0.05, 0.1) is 5.39 Å². The minimum atomic E-state index is -0.877. The van der Waals surface area contributed by atoms with Gasteiger partial charge >= 0.3 is 5.97 Å². The van der Waals surface area contributed by atoms with Crippen LogP contribution < -0.4 is 4.90 Å². The number of fused-ring (bicyclic) bond motifs is 3. The Labute approximate surface area is 152 Å². The molecule has 2 bridgehead atoms. The van der Waals surface area contributed by atoms with E-state index in [1.54, 1.807) is 0 Å². The van der Waals surface area contributed by atoms with Crippen LogP contribution in [0, 0.1) is 24.7 Å². The second-order valence-corrected chi connectivity index (χ2v) is 9.98. The molecular formula is C19H25N3O2S. The molecule has 2 aromatic heterocycles. The lowest BCUT2D eigenvalue weighted by atomic mass is 9.65. The lowest BCUT2D eigenvalue weighted by Crippen LogP contribution is -2.35. The van der Waals surface area contributed by atoms with E-state index in [4.69, 9.17) is 4.98 Å². The molecule has 1 N–H and O–H groups in total. The van der Waals surface area contributed by atoms with E-state index < -0.39 is 5.97 Å². The molecule has 25 heavy (non-hydrogen) atoms. The van der Waals surface area contributed by atoms with Crippen molar-refractivity contribution in [3.05, 3.63) is 16.3 Å². The fourth-order valence-electron chi connectivity index (χ4n) is 5.34. The third kappa shape index (κ3) is 2.62. The topological polar surface area (TPSA) is 66.3 Å². The third-order valence-electron chi connectivity index (χ3n) is 5.76. The number of rotatable bonds is 2. The van der Waals surface area contributed by atoms with Crippen LogP contribution in [0.4, 0.5) is 5.82 Å². The van der Waals surface area contributed by atoms with Gasteiger partial charge in [-0.2, -0.15) is 0 Å². The summed E-state index contributed by atoms with van der Waals surface area (Å²) < 4.78 is 0. The van der Waals surface area contributed by atoms with Gasteiger partial charge in [-0.3, -0.25) is 0 Å². The van der Waals surface area contributed by atoms with Crippen molar-refractivity contribution in [2.24, 2.45) is 10.8 Å². The SMILES string of the molecule is Cc1nc(N2CC3(C)CC2CC(C)(C)C3)c2c(C)c(C(=O)O)sc2n1. The van der Waals surface area contributed by atoms with Crippen molar-refractivity contribution in [1.29, 1.82) is 0 Å².